The lowest BCUT2D eigenvalue weighted by atomic mass is 10.1. The SMILES string of the molecule is O=c1c(O)c(-c2ccc(OP(=O)(O)O)c(O)c2)oc2cc(O)cc(OP(=O)(O)O)c12. The van der Waals surface area contributed by atoms with Crippen LogP contribution in [0.5, 0.6) is 28.7 Å². The van der Waals surface area contributed by atoms with Crippen molar-refractivity contribution in [1.29, 1.82) is 0 Å². The van der Waals surface area contributed by atoms with Gasteiger partial charge in [0.2, 0.25) is 11.2 Å². The minimum absolute atomic E-state index is 0.136. The molecule has 0 aliphatic rings. The topological polar surface area (TPSA) is 224 Å². The number of phosphoric acid groups is 2. The second kappa shape index (κ2) is 7.33. The van der Waals surface area contributed by atoms with Gasteiger partial charge in [-0.2, -0.15) is 0 Å². The number of phenols is 2. The maximum atomic E-state index is 12.6. The van der Waals surface area contributed by atoms with E-state index in [0.29, 0.717) is 0 Å². The second-order valence-corrected chi connectivity index (χ2v) is 8.10. The Labute approximate surface area is 165 Å². The van der Waals surface area contributed by atoms with Gasteiger partial charge >= 0.3 is 15.6 Å². The van der Waals surface area contributed by atoms with Crippen molar-refractivity contribution in [3.8, 4) is 40.1 Å². The number of phosphoric ester groups is 2. The number of benzene rings is 2. The Hall–Kier alpha value is -3.05. The van der Waals surface area contributed by atoms with E-state index < -0.39 is 66.6 Å². The average Bonchev–Trinajstić information content (AvgIpc) is 2.57. The van der Waals surface area contributed by atoms with Crippen LogP contribution in [-0.2, 0) is 9.13 Å². The summed E-state index contributed by atoms with van der Waals surface area (Å²) in [6, 6.07) is 4.53. The first kappa shape index (κ1) is 21.7. The van der Waals surface area contributed by atoms with Gasteiger partial charge in [0.1, 0.15) is 22.5 Å². The maximum absolute atomic E-state index is 12.6. The molecule has 0 fully saturated rings. The molecule has 0 unspecified atom stereocenters. The van der Waals surface area contributed by atoms with Crippen molar-refractivity contribution < 1.29 is 57.5 Å². The van der Waals surface area contributed by atoms with E-state index in [-0.39, 0.29) is 5.56 Å². The van der Waals surface area contributed by atoms with Gasteiger partial charge in [0.25, 0.3) is 0 Å². The fraction of sp³-hybridized carbons (Fsp3) is 0. The van der Waals surface area contributed by atoms with Crippen LogP contribution >= 0.6 is 15.6 Å². The molecule has 1 aromatic heterocycles. The molecule has 0 bridgehead atoms. The first-order valence-electron chi connectivity index (χ1n) is 7.61. The van der Waals surface area contributed by atoms with Gasteiger partial charge in [0, 0.05) is 17.7 Å². The largest absolute Gasteiger partial charge is 0.524 e. The highest BCUT2D eigenvalue weighted by Crippen LogP contribution is 2.45. The van der Waals surface area contributed by atoms with Gasteiger partial charge in [-0.3, -0.25) is 24.4 Å². The molecular formula is C15H12O13P2. The molecule has 0 saturated carbocycles. The summed E-state index contributed by atoms with van der Waals surface area (Å²) in [4.78, 5) is 48.1. The highest BCUT2D eigenvalue weighted by molar-refractivity contribution is 7.47. The van der Waals surface area contributed by atoms with Crippen molar-refractivity contribution in [3.63, 3.8) is 0 Å². The monoisotopic (exact) mass is 462 g/mol. The summed E-state index contributed by atoms with van der Waals surface area (Å²) >= 11 is 0. The van der Waals surface area contributed by atoms with E-state index in [2.05, 4.69) is 9.05 Å². The fourth-order valence-electron chi connectivity index (χ4n) is 2.52. The molecule has 0 aliphatic heterocycles. The molecule has 7 N–H and O–H groups in total. The second-order valence-electron chi connectivity index (χ2n) is 5.77. The van der Waals surface area contributed by atoms with Crippen LogP contribution in [-0.4, -0.2) is 34.9 Å². The molecule has 15 heteroatoms. The molecule has 160 valence electrons. The van der Waals surface area contributed by atoms with Crippen LogP contribution in [0.15, 0.2) is 39.5 Å². The Balaban J connectivity index is 2.21. The number of hydrogen-bond acceptors (Lipinski definition) is 9. The quantitative estimate of drug-likeness (QED) is 0.267. The van der Waals surface area contributed by atoms with Gasteiger partial charge in [-0.1, -0.05) is 0 Å². The number of aromatic hydroxyl groups is 3. The van der Waals surface area contributed by atoms with Crippen LogP contribution in [0.1, 0.15) is 0 Å². The molecular weight excluding hydrogens is 450 g/mol. The Bertz CT molecular complexity index is 1300. The molecule has 0 aliphatic carbocycles. The van der Waals surface area contributed by atoms with E-state index in [1.807, 2.05) is 0 Å². The van der Waals surface area contributed by atoms with E-state index >= 15 is 0 Å². The normalized spacial score (nSPS) is 12.1. The van der Waals surface area contributed by atoms with Crippen molar-refractivity contribution in [3.05, 3.63) is 40.6 Å². The number of hydrogen-bond donors (Lipinski definition) is 7. The lowest BCUT2D eigenvalue weighted by Gasteiger charge is -2.12. The summed E-state index contributed by atoms with van der Waals surface area (Å²) in [6.45, 7) is 0. The third-order valence-corrected chi connectivity index (χ3v) is 4.44. The third-order valence-electron chi connectivity index (χ3n) is 3.58. The Kier molecular flexibility index (Phi) is 5.29. The molecule has 30 heavy (non-hydrogen) atoms. The van der Waals surface area contributed by atoms with Crippen LogP contribution in [0.3, 0.4) is 0 Å². The highest BCUT2D eigenvalue weighted by Gasteiger charge is 2.25. The highest BCUT2D eigenvalue weighted by atomic mass is 31.2. The van der Waals surface area contributed by atoms with Gasteiger partial charge in [0.15, 0.2) is 17.3 Å². The molecule has 1 heterocycles. The lowest BCUT2D eigenvalue weighted by molar-refractivity contribution is 0.277. The predicted molar refractivity (Wildman–Crippen MR) is 98.3 cm³/mol. The summed E-state index contributed by atoms with van der Waals surface area (Å²) in [7, 11) is -10.1. The average molecular weight is 462 g/mol. The smallest absolute Gasteiger partial charge is 0.508 e. The van der Waals surface area contributed by atoms with E-state index in [4.69, 9.17) is 24.0 Å². The summed E-state index contributed by atoms with van der Waals surface area (Å²) in [5.41, 5.74) is -1.74. The predicted octanol–water partition coefficient (Wildman–Crippen LogP) is 1.52. The minimum Gasteiger partial charge on any atom is -0.508 e. The first-order valence-corrected chi connectivity index (χ1v) is 10.7. The van der Waals surface area contributed by atoms with Gasteiger partial charge in [-0.05, 0) is 18.2 Å². The summed E-state index contributed by atoms with van der Waals surface area (Å²) in [5, 5.41) is 29.3. The number of fused-ring (bicyclic) bond motifs is 1. The summed E-state index contributed by atoms with van der Waals surface area (Å²) < 4.78 is 36.0. The van der Waals surface area contributed by atoms with Gasteiger partial charge in [-0.15, -0.1) is 0 Å². The molecule has 13 nitrogen and oxygen atoms in total. The fourth-order valence-corrected chi connectivity index (χ4v) is 3.33. The van der Waals surface area contributed by atoms with E-state index in [1.165, 1.54) is 0 Å². The molecule has 3 aromatic rings. The van der Waals surface area contributed by atoms with E-state index in [1.54, 1.807) is 0 Å². The van der Waals surface area contributed by atoms with Crippen molar-refractivity contribution in [2.24, 2.45) is 0 Å². The number of rotatable bonds is 5. The summed E-state index contributed by atoms with van der Waals surface area (Å²) in [5.74, 6) is -4.25. The van der Waals surface area contributed by atoms with Crippen molar-refractivity contribution in [2.45, 2.75) is 0 Å². The Morgan fingerprint density at radius 1 is 0.833 bits per heavy atom. The van der Waals surface area contributed by atoms with Gasteiger partial charge < -0.3 is 28.8 Å². The maximum Gasteiger partial charge on any atom is 0.524 e. The molecule has 0 atom stereocenters. The third kappa shape index (κ3) is 4.57. The lowest BCUT2D eigenvalue weighted by Crippen LogP contribution is -2.05. The molecule has 0 amide bonds. The Morgan fingerprint density at radius 2 is 1.43 bits per heavy atom. The molecule has 0 saturated heterocycles. The molecule has 0 spiro atoms. The van der Waals surface area contributed by atoms with Crippen molar-refractivity contribution in [2.75, 3.05) is 0 Å². The van der Waals surface area contributed by atoms with Crippen LogP contribution < -0.4 is 14.5 Å². The zero-order valence-electron chi connectivity index (χ0n) is 14.4. The molecule has 2 aromatic carbocycles. The zero-order valence-corrected chi connectivity index (χ0v) is 16.2. The standard InChI is InChI=1S/C15H12O13P2/c16-7-4-10-12(11(5-7)28-30(23,24)25)13(18)14(19)15(26-10)6-1-2-9(8(17)3-6)27-29(20,21)22/h1-5,16-17,19H,(H2,20,21,22)(H2,23,24,25). The van der Waals surface area contributed by atoms with Crippen LogP contribution in [0.2, 0.25) is 0 Å². The van der Waals surface area contributed by atoms with Crippen LogP contribution in [0, 0.1) is 0 Å². The van der Waals surface area contributed by atoms with E-state index in [0.717, 1.165) is 30.3 Å². The Morgan fingerprint density at radius 3 is 2.00 bits per heavy atom. The van der Waals surface area contributed by atoms with Gasteiger partial charge in [0.05, 0.1) is 0 Å². The van der Waals surface area contributed by atoms with Crippen LogP contribution in [0.4, 0.5) is 0 Å². The van der Waals surface area contributed by atoms with Gasteiger partial charge in [-0.25, -0.2) is 9.13 Å². The van der Waals surface area contributed by atoms with Crippen molar-refractivity contribution in [1.82, 2.24) is 0 Å². The molecule has 3 rings (SSSR count). The molecule has 0 radical (unpaired) electrons. The van der Waals surface area contributed by atoms with Crippen LogP contribution in [0.25, 0.3) is 22.3 Å². The number of phenolic OH excluding ortho intramolecular Hbond substituents is 2. The first-order chi connectivity index (χ1) is 13.7. The van der Waals surface area contributed by atoms with Crippen molar-refractivity contribution >= 4 is 26.6 Å². The van der Waals surface area contributed by atoms with E-state index in [9.17, 15) is 29.2 Å². The summed E-state index contributed by atoms with van der Waals surface area (Å²) in [6.07, 6.45) is 0. The minimum atomic E-state index is -5.13. The zero-order chi connectivity index (χ0) is 22.4.